The van der Waals surface area contributed by atoms with Gasteiger partial charge in [0, 0.05) is 12.1 Å². The van der Waals surface area contributed by atoms with Gasteiger partial charge in [-0.2, -0.15) is 0 Å². The molecular weight excluding hydrogens is 398 g/mol. The van der Waals surface area contributed by atoms with Crippen LogP contribution in [0.15, 0.2) is 103 Å². The smallest absolute Gasteiger partial charge is 0.143 e. The van der Waals surface area contributed by atoms with E-state index in [0.717, 1.165) is 29.4 Å². The molecule has 2 atom stereocenters. The van der Waals surface area contributed by atoms with E-state index in [1.165, 1.54) is 0 Å². The fraction of sp³-hybridized carbons (Fsp3) is 0.286. The highest BCUT2D eigenvalue weighted by Gasteiger charge is 2.38. The van der Waals surface area contributed by atoms with Gasteiger partial charge in [0.25, 0.3) is 0 Å². The minimum absolute atomic E-state index is 0.165. The summed E-state index contributed by atoms with van der Waals surface area (Å²) in [4.78, 5) is 0. The minimum atomic E-state index is -0.784. The third kappa shape index (κ3) is 5.28. The number of hydrogen-bond donors (Lipinski definition) is 2. The molecule has 3 aromatic carbocycles. The summed E-state index contributed by atoms with van der Waals surface area (Å²) in [6, 6.07) is 30.9. The zero-order valence-electron chi connectivity index (χ0n) is 18.9. The number of rotatable bonds is 11. The SMILES string of the molecule is CC[C@@H](COC(c1ccccc1)(c1ccccc1)c1ccccc1)OC(C)/C(=C/O)CN. The zero-order chi connectivity index (χ0) is 22.8. The molecular formula is C28H33NO3. The lowest BCUT2D eigenvalue weighted by molar-refractivity contribution is -0.0794. The lowest BCUT2D eigenvalue weighted by Gasteiger charge is -2.37. The molecule has 0 saturated carbocycles. The average Bonchev–Trinajstić information content (AvgIpc) is 2.86. The maximum atomic E-state index is 9.43. The Hall–Kier alpha value is -2.92. The molecule has 0 aliphatic rings. The first-order chi connectivity index (χ1) is 15.7. The van der Waals surface area contributed by atoms with E-state index in [-0.39, 0.29) is 18.8 Å². The quantitative estimate of drug-likeness (QED) is 0.307. The van der Waals surface area contributed by atoms with Crippen molar-refractivity contribution in [2.75, 3.05) is 13.2 Å². The van der Waals surface area contributed by atoms with Gasteiger partial charge in [0.05, 0.1) is 25.1 Å². The lowest BCUT2D eigenvalue weighted by Crippen LogP contribution is -2.37. The van der Waals surface area contributed by atoms with Crippen molar-refractivity contribution in [2.24, 2.45) is 5.73 Å². The summed E-state index contributed by atoms with van der Waals surface area (Å²) in [5, 5.41) is 9.43. The molecule has 1 unspecified atom stereocenters. The van der Waals surface area contributed by atoms with Crippen LogP contribution in [-0.4, -0.2) is 30.5 Å². The molecule has 0 aromatic heterocycles. The van der Waals surface area contributed by atoms with Crippen LogP contribution in [0.25, 0.3) is 0 Å². The van der Waals surface area contributed by atoms with Crippen molar-refractivity contribution < 1.29 is 14.6 Å². The van der Waals surface area contributed by atoms with Gasteiger partial charge in [0.1, 0.15) is 5.60 Å². The summed E-state index contributed by atoms with van der Waals surface area (Å²) < 4.78 is 13.1. The Bertz CT molecular complexity index is 861. The summed E-state index contributed by atoms with van der Waals surface area (Å²) in [6.07, 6.45) is 1.35. The van der Waals surface area contributed by atoms with Crippen molar-refractivity contribution in [1.82, 2.24) is 0 Å². The first kappa shape index (κ1) is 23.7. The Labute approximate surface area is 191 Å². The number of benzene rings is 3. The number of nitrogens with two attached hydrogens (primary N) is 1. The summed E-state index contributed by atoms with van der Waals surface area (Å²) in [7, 11) is 0. The van der Waals surface area contributed by atoms with E-state index < -0.39 is 5.60 Å². The van der Waals surface area contributed by atoms with E-state index in [1.54, 1.807) is 0 Å². The maximum Gasteiger partial charge on any atom is 0.143 e. The zero-order valence-corrected chi connectivity index (χ0v) is 18.9. The monoisotopic (exact) mass is 431 g/mol. The van der Waals surface area contributed by atoms with E-state index in [2.05, 4.69) is 43.3 Å². The lowest BCUT2D eigenvalue weighted by atomic mass is 9.80. The molecule has 0 spiro atoms. The van der Waals surface area contributed by atoms with Gasteiger partial charge in [-0.05, 0) is 30.0 Å². The van der Waals surface area contributed by atoms with Gasteiger partial charge >= 0.3 is 0 Å². The van der Waals surface area contributed by atoms with Gasteiger partial charge in [0.2, 0.25) is 0 Å². The second-order valence-electron chi connectivity index (χ2n) is 7.81. The molecule has 0 bridgehead atoms. The molecule has 4 nitrogen and oxygen atoms in total. The van der Waals surface area contributed by atoms with Gasteiger partial charge in [-0.1, -0.05) is 97.9 Å². The largest absolute Gasteiger partial charge is 0.515 e. The highest BCUT2D eigenvalue weighted by molar-refractivity contribution is 5.47. The first-order valence-electron chi connectivity index (χ1n) is 11.1. The van der Waals surface area contributed by atoms with E-state index in [0.29, 0.717) is 12.2 Å². The van der Waals surface area contributed by atoms with Crippen molar-refractivity contribution in [3.63, 3.8) is 0 Å². The standard InChI is InChI=1S/C28H33NO3/c1-3-27(32-22(2)23(19-29)20-30)21-31-28(24-13-7-4-8-14-24,25-15-9-5-10-16-25)26-17-11-6-12-18-26/h4-18,20,22,27,30H,3,19,21,29H2,1-2H3/b23-20+/t22?,27-/m0/s1. The van der Waals surface area contributed by atoms with E-state index in [1.807, 2.05) is 61.5 Å². The number of aliphatic hydroxyl groups excluding tert-OH is 1. The summed E-state index contributed by atoms with van der Waals surface area (Å²) >= 11 is 0. The summed E-state index contributed by atoms with van der Waals surface area (Å²) in [5.41, 5.74) is 8.77. The maximum absolute atomic E-state index is 9.43. The van der Waals surface area contributed by atoms with Gasteiger partial charge in [0.15, 0.2) is 0 Å². The van der Waals surface area contributed by atoms with Crippen LogP contribution in [0.4, 0.5) is 0 Å². The van der Waals surface area contributed by atoms with Crippen LogP contribution >= 0.6 is 0 Å². The molecule has 3 aromatic rings. The molecule has 0 saturated heterocycles. The van der Waals surface area contributed by atoms with Crippen LogP contribution in [0.3, 0.4) is 0 Å². The first-order valence-corrected chi connectivity index (χ1v) is 11.1. The average molecular weight is 432 g/mol. The topological polar surface area (TPSA) is 64.7 Å². The Balaban J connectivity index is 2.01. The number of ether oxygens (including phenoxy) is 2. The van der Waals surface area contributed by atoms with Crippen molar-refractivity contribution >= 4 is 0 Å². The van der Waals surface area contributed by atoms with Crippen molar-refractivity contribution in [2.45, 2.75) is 38.1 Å². The highest BCUT2D eigenvalue weighted by Crippen LogP contribution is 2.40. The van der Waals surface area contributed by atoms with E-state index >= 15 is 0 Å². The van der Waals surface area contributed by atoms with Crippen molar-refractivity contribution in [3.05, 3.63) is 120 Å². The van der Waals surface area contributed by atoms with Crippen LogP contribution < -0.4 is 5.73 Å². The number of aliphatic hydroxyl groups is 1. The molecule has 168 valence electrons. The van der Waals surface area contributed by atoms with Crippen molar-refractivity contribution in [1.29, 1.82) is 0 Å². The van der Waals surface area contributed by atoms with Gasteiger partial charge in [-0.25, -0.2) is 0 Å². The second-order valence-corrected chi connectivity index (χ2v) is 7.81. The van der Waals surface area contributed by atoms with Crippen LogP contribution in [0, 0.1) is 0 Å². The Morgan fingerprint density at radius 1 is 0.875 bits per heavy atom. The van der Waals surface area contributed by atoms with Crippen LogP contribution in [0.5, 0.6) is 0 Å². The Morgan fingerprint density at radius 3 is 1.66 bits per heavy atom. The predicted molar refractivity (Wildman–Crippen MR) is 130 cm³/mol. The third-order valence-electron chi connectivity index (χ3n) is 5.80. The highest BCUT2D eigenvalue weighted by atomic mass is 16.5. The summed E-state index contributed by atoms with van der Waals surface area (Å²) in [5.74, 6) is 0. The normalized spacial score (nSPS) is 14.2. The molecule has 0 heterocycles. The second kappa shape index (κ2) is 11.6. The number of hydrogen-bond acceptors (Lipinski definition) is 4. The molecule has 0 aliphatic carbocycles. The molecule has 0 fully saturated rings. The fourth-order valence-corrected chi connectivity index (χ4v) is 3.94. The van der Waals surface area contributed by atoms with Crippen LogP contribution in [-0.2, 0) is 15.1 Å². The molecule has 0 amide bonds. The molecule has 32 heavy (non-hydrogen) atoms. The van der Waals surface area contributed by atoms with Crippen molar-refractivity contribution in [3.8, 4) is 0 Å². The summed E-state index contributed by atoms with van der Waals surface area (Å²) in [6.45, 7) is 4.59. The van der Waals surface area contributed by atoms with Crippen LogP contribution in [0.2, 0.25) is 0 Å². The van der Waals surface area contributed by atoms with E-state index in [4.69, 9.17) is 15.2 Å². The molecule has 0 radical (unpaired) electrons. The molecule has 3 N–H and O–H groups in total. The predicted octanol–water partition coefficient (Wildman–Crippen LogP) is 5.58. The third-order valence-corrected chi connectivity index (χ3v) is 5.80. The van der Waals surface area contributed by atoms with Gasteiger partial charge < -0.3 is 20.3 Å². The van der Waals surface area contributed by atoms with Gasteiger partial charge in [-0.15, -0.1) is 0 Å². The fourth-order valence-electron chi connectivity index (χ4n) is 3.94. The Kier molecular flexibility index (Phi) is 8.63. The molecule has 4 heteroatoms. The Morgan fingerprint density at radius 2 is 1.31 bits per heavy atom. The molecule has 3 rings (SSSR count). The minimum Gasteiger partial charge on any atom is -0.515 e. The van der Waals surface area contributed by atoms with Gasteiger partial charge in [-0.3, -0.25) is 0 Å². The van der Waals surface area contributed by atoms with E-state index in [9.17, 15) is 5.11 Å². The molecule has 0 aliphatic heterocycles. The van der Waals surface area contributed by atoms with Crippen LogP contribution in [0.1, 0.15) is 37.0 Å².